The van der Waals surface area contributed by atoms with Gasteiger partial charge in [0.25, 0.3) is 0 Å². The highest BCUT2D eigenvalue weighted by molar-refractivity contribution is 6.18. The zero-order valence-corrected chi connectivity index (χ0v) is 12.0. The molecular weight excluding hydrogens is 244 g/mol. The first-order valence-electron chi connectivity index (χ1n) is 6.54. The van der Waals surface area contributed by atoms with Gasteiger partial charge in [-0.15, -0.1) is 11.6 Å². The van der Waals surface area contributed by atoms with Gasteiger partial charge in [-0.25, -0.2) is 0 Å². The first-order valence-corrected chi connectivity index (χ1v) is 7.07. The maximum Gasteiger partial charge on any atom is 0.120 e. The van der Waals surface area contributed by atoms with E-state index in [1.165, 1.54) is 12.8 Å². The molecule has 0 fully saturated rings. The summed E-state index contributed by atoms with van der Waals surface area (Å²) in [6.45, 7) is 5.18. The van der Waals surface area contributed by atoms with Crippen molar-refractivity contribution in [3.63, 3.8) is 0 Å². The lowest BCUT2D eigenvalue weighted by Crippen LogP contribution is -2.08. The van der Waals surface area contributed by atoms with Crippen LogP contribution in [0.5, 0.6) is 5.75 Å². The lowest BCUT2D eigenvalue weighted by Gasteiger charge is -2.12. The zero-order chi connectivity index (χ0) is 13.2. The van der Waals surface area contributed by atoms with E-state index in [1.807, 2.05) is 24.3 Å². The van der Waals surface area contributed by atoms with Gasteiger partial charge in [-0.3, -0.25) is 0 Å². The Labute approximate surface area is 115 Å². The van der Waals surface area contributed by atoms with E-state index in [9.17, 15) is 0 Å². The van der Waals surface area contributed by atoms with Crippen molar-refractivity contribution in [2.45, 2.75) is 33.1 Å². The predicted octanol–water partition coefficient (Wildman–Crippen LogP) is 4.48. The standard InChI is InChI=1S/C16H21ClO/c1-3-7-14(2)13-18-16-10-6-9-15(12-16)8-4-5-11-17/h6,9-10,12,14H,3,5,7,11,13H2,1-2H3. The van der Waals surface area contributed by atoms with Crippen LogP contribution < -0.4 is 4.74 Å². The second-order valence-electron chi connectivity index (χ2n) is 4.47. The molecule has 0 aliphatic carbocycles. The van der Waals surface area contributed by atoms with Gasteiger partial charge in [-0.05, 0) is 30.5 Å². The Morgan fingerprint density at radius 1 is 1.39 bits per heavy atom. The van der Waals surface area contributed by atoms with E-state index in [2.05, 4.69) is 25.7 Å². The minimum Gasteiger partial charge on any atom is -0.493 e. The van der Waals surface area contributed by atoms with Crippen LogP contribution in [0.4, 0.5) is 0 Å². The first kappa shape index (κ1) is 14.9. The number of ether oxygens (including phenoxy) is 1. The summed E-state index contributed by atoms with van der Waals surface area (Å²) in [6, 6.07) is 7.93. The van der Waals surface area contributed by atoms with Crippen molar-refractivity contribution >= 4 is 11.6 Å². The fourth-order valence-electron chi connectivity index (χ4n) is 1.69. The maximum atomic E-state index is 5.77. The van der Waals surface area contributed by atoms with Crippen molar-refractivity contribution in [1.82, 2.24) is 0 Å². The van der Waals surface area contributed by atoms with Crippen molar-refractivity contribution in [1.29, 1.82) is 0 Å². The number of hydrogen-bond acceptors (Lipinski definition) is 1. The molecule has 1 aromatic rings. The summed E-state index contributed by atoms with van der Waals surface area (Å²) in [7, 11) is 0. The van der Waals surface area contributed by atoms with Gasteiger partial charge in [0.1, 0.15) is 5.75 Å². The quantitative estimate of drug-likeness (QED) is 0.544. The molecule has 1 atom stereocenters. The molecule has 0 saturated heterocycles. The summed E-state index contributed by atoms with van der Waals surface area (Å²) in [5.74, 6) is 8.19. The highest BCUT2D eigenvalue weighted by Crippen LogP contribution is 2.15. The van der Waals surface area contributed by atoms with E-state index in [1.54, 1.807) is 0 Å². The van der Waals surface area contributed by atoms with E-state index in [0.29, 0.717) is 11.8 Å². The van der Waals surface area contributed by atoms with Crippen LogP contribution in [0.25, 0.3) is 0 Å². The van der Waals surface area contributed by atoms with Crippen LogP contribution in [0.3, 0.4) is 0 Å². The number of hydrogen-bond donors (Lipinski definition) is 0. The minimum absolute atomic E-state index is 0.581. The normalized spacial score (nSPS) is 11.5. The maximum absolute atomic E-state index is 5.77. The molecule has 0 radical (unpaired) electrons. The van der Waals surface area contributed by atoms with Crippen molar-refractivity contribution in [3.05, 3.63) is 29.8 Å². The van der Waals surface area contributed by atoms with Crippen LogP contribution in [-0.4, -0.2) is 12.5 Å². The second-order valence-corrected chi connectivity index (χ2v) is 4.85. The van der Waals surface area contributed by atoms with Gasteiger partial charge in [-0.2, -0.15) is 0 Å². The van der Waals surface area contributed by atoms with E-state index in [4.69, 9.17) is 16.3 Å². The molecule has 0 N–H and O–H groups in total. The largest absolute Gasteiger partial charge is 0.493 e. The molecule has 2 heteroatoms. The third kappa shape index (κ3) is 5.98. The summed E-state index contributed by atoms with van der Waals surface area (Å²) in [5, 5.41) is 0. The third-order valence-electron chi connectivity index (χ3n) is 2.60. The Morgan fingerprint density at radius 3 is 2.94 bits per heavy atom. The molecule has 0 amide bonds. The first-order chi connectivity index (χ1) is 8.76. The zero-order valence-electron chi connectivity index (χ0n) is 11.2. The molecule has 1 unspecified atom stereocenters. The van der Waals surface area contributed by atoms with E-state index >= 15 is 0 Å². The smallest absolute Gasteiger partial charge is 0.120 e. The van der Waals surface area contributed by atoms with Gasteiger partial charge >= 0.3 is 0 Å². The molecule has 18 heavy (non-hydrogen) atoms. The van der Waals surface area contributed by atoms with Gasteiger partial charge in [0.05, 0.1) is 6.61 Å². The van der Waals surface area contributed by atoms with E-state index < -0.39 is 0 Å². The minimum atomic E-state index is 0.581. The van der Waals surface area contributed by atoms with Crippen molar-refractivity contribution in [2.24, 2.45) is 5.92 Å². The van der Waals surface area contributed by atoms with Crippen LogP contribution in [0.2, 0.25) is 0 Å². The summed E-state index contributed by atoms with van der Waals surface area (Å²) in [4.78, 5) is 0. The SMILES string of the molecule is CCCC(C)COc1cccc(C#CCCCl)c1. The monoisotopic (exact) mass is 264 g/mol. The summed E-state index contributed by atoms with van der Waals surface area (Å²) in [6.07, 6.45) is 3.13. The molecule has 0 saturated carbocycles. The van der Waals surface area contributed by atoms with Crippen LogP contribution >= 0.6 is 11.6 Å². The molecule has 0 heterocycles. The molecule has 0 aliphatic rings. The fourth-order valence-corrected chi connectivity index (χ4v) is 1.78. The Kier molecular flexibility index (Phi) is 7.37. The molecular formula is C16H21ClO. The molecule has 0 aliphatic heterocycles. The molecule has 0 bridgehead atoms. The van der Waals surface area contributed by atoms with Crippen molar-refractivity contribution < 1.29 is 4.74 Å². The van der Waals surface area contributed by atoms with Crippen molar-refractivity contribution in [3.8, 4) is 17.6 Å². The van der Waals surface area contributed by atoms with Gasteiger partial charge in [0, 0.05) is 17.9 Å². The number of halogens is 1. The van der Waals surface area contributed by atoms with Crippen LogP contribution in [0, 0.1) is 17.8 Å². The highest BCUT2D eigenvalue weighted by Gasteiger charge is 2.02. The predicted molar refractivity (Wildman–Crippen MR) is 78.2 cm³/mol. The van der Waals surface area contributed by atoms with Crippen molar-refractivity contribution in [2.75, 3.05) is 12.5 Å². The van der Waals surface area contributed by atoms with Gasteiger partial charge in [-0.1, -0.05) is 38.2 Å². The van der Waals surface area contributed by atoms with Crippen LogP contribution in [0.15, 0.2) is 24.3 Å². The van der Waals surface area contributed by atoms with E-state index in [-0.39, 0.29) is 0 Å². The Morgan fingerprint density at radius 2 is 2.22 bits per heavy atom. The second kappa shape index (κ2) is 8.89. The van der Waals surface area contributed by atoms with E-state index in [0.717, 1.165) is 24.3 Å². The van der Waals surface area contributed by atoms with Crippen LogP contribution in [0.1, 0.15) is 38.7 Å². The summed E-state index contributed by atoms with van der Waals surface area (Å²) < 4.78 is 5.77. The highest BCUT2D eigenvalue weighted by atomic mass is 35.5. The Balaban J connectivity index is 2.52. The lowest BCUT2D eigenvalue weighted by atomic mass is 10.1. The average molecular weight is 265 g/mol. The number of benzene rings is 1. The topological polar surface area (TPSA) is 9.23 Å². The molecule has 98 valence electrons. The van der Waals surface area contributed by atoms with Gasteiger partial charge < -0.3 is 4.74 Å². The Hall–Kier alpha value is -1.13. The molecule has 1 nitrogen and oxygen atoms in total. The molecule has 0 aromatic heterocycles. The third-order valence-corrected chi connectivity index (χ3v) is 2.79. The fraction of sp³-hybridized carbons (Fsp3) is 0.500. The summed E-state index contributed by atoms with van der Waals surface area (Å²) in [5.41, 5.74) is 0.987. The summed E-state index contributed by atoms with van der Waals surface area (Å²) >= 11 is 5.59. The lowest BCUT2D eigenvalue weighted by molar-refractivity contribution is 0.251. The average Bonchev–Trinajstić information content (AvgIpc) is 2.38. The molecule has 1 rings (SSSR count). The number of alkyl halides is 1. The molecule has 0 spiro atoms. The van der Waals surface area contributed by atoms with Crippen LogP contribution in [-0.2, 0) is 0 Å². The number of rotatable bonds is 6. The van der Waals surface area contributed by atoms with Gasteiger partial charge in [0.2, 0.25) is 0 Å². The van der Waals surface area contributed by atoms with Gasteiger partial charge in [0.15, 0.2) is 0 Å². The Bertz CT molecular complexity index is 403. The molecule has 1 aromatic carbocycles.